The van der Waals surface area contributed by atoms with Crippen molar-refractivity contribution in [2.24, 2.45) is 0 Å². The van der Waals surface area contributed by atoms with Crippen molar-refractivity contribution in [3.05, 3.63) is 53.3 Å². The van der Waals surface area contributed by atoms with E-state index >= 15 is 0 Å². The molecule has 0 atom stereocenters. The van der Waals surface area contributed by atoms with Crippen LogP contribution in [-0.4, -0.2) is 14.4 Å². The van der Waals surface area contributed by atoms with Crippen LogP contribution in [0.3, 0.4) is 0 Å². The maximum Gasteiger partial charge on any atom is 0.145 e. The third-order valence-corrected chi connectivity index (χ3v) is 3.09. The lowest BCUT2D eigenvalue weighted by atomic mass is 10.2. The molecule has 3 aromatic rings. The topological polar surface area (TPSA) is 30.2 Å². The summed E-state index contributed by atoms with van der Waals surface area (Å²) < 4.78 is 15.5. The molecule has 0 bridgehead atoms. The van der Waals surface area contributed by atoms with Gasteiger partial charge in [0.1, 0.15) is 16.2 Å². The monoisotopic (exact) mass is 291 g/mol. The Kier molecular flexibility index (Phi) is 2.40. The van der Waals surface area contributed by atoms with Crippen LogP contribution < -0.4 is 0 Å². The summed E-state index contributed by atoms with van der Waals surface area (Å²) in [5, 5.41) is 0. The van der Waals surface area contributed by atoms with Gasteiger partial charge in [0, 0.05) is 18.0 Å². The molecule has 0 radical (unpaired) electrons. The number of rotatable bonds is 1. The Hall–Kier alpha value is -1.75. The highest BCUT2D eigenvalue weighted by Gasteiger charge is 2.10. The van der Waals surface area contributed by atoms with E-state index in [0.29, 0.717) is 0 Å². The summed E-state index contributed by atoms with van der Waals surface area (Å²) >= 11 is 3.38. The van der Waals surface area contributed by atoms with E-state index in [4.69, 9.17) is 0 Å². The molecule has 0 amide bonds. The second-order valence-electron chi connectivity index (χ2n) is 3.56. The number of hydrogen-bond donors (Lipinski definition) is 0. The van der Waals surface area contributed by atoms with Crippen LogP contribution in [0.25, 0.3) is 16.9 Å². The van der Waals surface area contributed by atoms with E-state index in [9.17, 15) is 4.39 Å². The van der Waals surface area contributed by atoms with Crippen molar-refractivity contribution in [3.8, 4) is 11.4 Å². The van der Waals surface area contributed by atoms with Crippen LogP contribution in [0.2, 0.25) is 0 Å². The first-order valence-corrected chi connectivity index (χ1v) is 5.78. The van der Waals surface area contributed by atoms with Gasteiger partial charge >= 0.3 is 0 Å². The molecule has 17 heavy (non-hydrogen) atoms. The first-order valence-electron chi connectivity index (χ1n) is 4.99. The van der Waals surface area contributed by atoms with Gasteiger partial charge in [-0.1, -0.05) is 0 Å². The Labute approximate surface area is 105 Å². The van der Waals surface area contributed by atoms with E-state index in [1.54, 1.807) is 24.5 Å². The van der Waals surface area contributed by atoms with Gasteiger partial charge in [-0.3, -0.25) is 9.38 Å². The second-order valence-corrected chi connectivity index (χ2v) is 4.32. The summed E-state index contributed by atoms with van der Waals surface area (Å²) in [6.07, 6.45) is 5.24. The molecule has 3 rings (SSSR count). The fourth-order valence-electron chi connectivity index (χ4n) is 1.71. The molecular weight excluding hydrogens is 285 g/mol. The van der Waals surface area contributed by atoms with Crippen LogP contribution in [0.5, 0.6) is 0 Å². The Morgan fingerprint density at radius 2 is 1.94 bits per heavy atom. The summed E-state index contributed by atoms with van der Waals surface area (Å²) in [5.74, 6) is 0.504. The standard InChI is InChI=1S/C12H7BrFN3/c13-11-10-7-15-5-6-17(10)12(16-11)8-1-3-9(14)4-2-8/h1-7H. The van der Waals surface area contributed by atoms with Gasteiger partial charge in [-0.05, 0) is 40.2 Å². The lowest BCUT2D eigenvalue weighted by Crippen LogP contribution is -1.89. The third-order valence-electron chi connectivity index (χ3n) is 2.50. The van der Waals surface area contributed by atoms with Gasteiger partial charge in [-0.25, -0.2) is 9.37 Å². The van der Waals surface area contributed by atoms with E-state index in [1.165, 1.54) is 12.1 Å². The Morgan fingerprint density at radius 3 is 2.71 bits per heavy atom. The highest BCUT2D eigenvalue weighted by molar-refractivity contribution is 9.10. The first kappa shape index (κ1) is 10.4. The van der Waals surface area contributed by atoms with Gasteiger partial charge in [0.25, 0.3) is 0 Å². The summed E-state index contributed by atoms with van der Waals surface area (Å²) in [7, 11) is 0. The molecule has 3 nitrogen and oxygen atoms in total. The largest absolute Gasteiger partial charge is 0.296 e. The Morgan fingerprint density at radius 1 is 1.18 bits per heavy atom. The lowest BCUT2D eigenvalue weighted by Gasteiger charge is -2.00. The van der Waals surface area contributed by atoms with Gasteiger partial charge in [-0.15, -0.1) is 0 Å². The summed E-state index contributed by atoms with van der Waals surface area (Å²) in [6.45, 7) is 0. The molecule has 0 N–H and O–H groups in total. The van der Waals surface area contributed by atoms with Gasteiger partial charge in [0.2, 0.25) is 0 Å². The number of hydrogen-bond acceptors (Lipinski definition) is 2. The van der Waals surface area contributed by atoms with Crippen LogP contribution >= 0.6 is 15.9 Å². The predicted molar refractivity (Wildman–Crippen MR) is 66.1 cm³/mol. The molecule has 0 unspecified atom stereocenters. The second kappa shape index (κ2) is 3.92. The van der Waals surface area contributed by atoms with E-state index in [-0.39, 0.29) is 5.82 Å². The SMILES string of the molecule is Fc1ccc(-c2nc(Br)c3cnccn23)cc1. The van der Waals surface area contributed by atoms with E-state index in [1.807, 2.05) is 10.6 Å². The highest BCUT2D eigenvalue weighted by Crippen LogP contribution is 2.25. The maximum absolute atomic E-state index is 12.9. The van der Waals surface area contributed by atoms with Crippen LogP contribution in [-0.2, 0) is 0 Å². The fourth-order valence-corrected chi connectivity index (χ4v) is 2.17. The van der Waals surface area contributed by atoms with E-state index in [0.717, 1.165) is 21.5 Å². The predicted octanol–water partition coefficient (Wildman–Crippen LogP) is 3.30. The minimum absolute atomic E-state index is 0.254. The number of nitrogens with zero attached hydrogens (tertiary/aromatic N) is 3. The van der Waals surface area contributed by atoms with Gasteiger partial charge in [0.05, 0.1) is 11.7 Å². The molecule has 0 fully saturated rings. The van der Waals surface area contributed by atoms with Crippen molar-refractivity contribution in [2.75, 3.05) is 0 Å². The van der Waals surface area contributed by atoms with Crippen molar-refractivity contribution in [3.63, 3.8) is 0 Å². The van der Waals surface area contributed by atoms with Crippen LogP contribution in [0.4, 0.5) is 4.39 Å². The van der Waals surface area contributed by atoms with Crippen LogP contribution in [0.1, 0.15) is 0 Å². The number of imidazole rings is 1. The third kappa shape index (κ3) is 1.72. The van der Waals surface area contributed by atoms with Gasteiger partial charge in [0.15, 0.2) is 0 Å². The average molecular weight is 292 g/mol. The molecule has 0 aliphatic rings. The normalized spacial score (nSPS) is 10.9. The van der Waals surface area contributed by atoms with Crippen molar-refractivity contribution in [1.82, 2.24) is 14.4 Å². The molecule has 0 saturated carbocycles. The molecular formula is C12H7BrFN3. The van der Waals surface area contributed by atoms with Crippen molar-refractivity contribution >= 4 is 21.4 Å². The minimum atomic E-state index is -0.254. The molecule has 0 spiro atoms. The molecule has 5 heteroatoms. The lowest BCUT2D eigenvalue weighted by molar-refractivity contribution is 0.628. The van der Waals surface area contributed by atoms with Crippen LogP contribution in [0.15, 0.2) is 47.5 Å². The number of benzene rings is 1. The molecule has 2 heterocycles. The Balaban J connectivity index is 2.27. The molecule has 0 aliphatic carbocycles. The zero-order valence-electron chi connectivity index (χ0n) is 8.64. The Bertz CT molecular complexity index is 676. The van der Waals surface area contributed by atoms with Crippen LogP contribution in [0, 0.1) is 5.82 Å². The molecule has 0 aliphatic heterocycles. The first-order chi connectivity index (χ1) is 8.25. The summed E-state index contributed by atoms with van der Waals surface area (Å²) in [5.41, 5.74) is 1.74. The van der Waals surface area contributed by atoms with Crippen molar-refractivity contribution in [1.29, 1.82) is 0 Å². The molecule has 2 aromatic heterocycles. The smallest absolute Gasteiger partial charge is 0.145 e. The zero-order chi connectivity index (χ0) is 11.8. The summed E-state index contributed by atoms with van der Waals surface area (Å²) in [6, 6.07) is 6.25. The quantitative estimate of drug-likeness (QED) is 0.689. The van der Waals surface area contributed by atoms with Gasteiger partial charge < -0.3 is 0 Å². The van der Waals surface area contributed by atoms with Crippen molar-refractivity contribution < 1.29 is 4.39 Å². The highest BCUT2D eigenvalue weighted by atomic mass is 79.9. The van der Waals surface area contributed by atoms with E-state index in [2.05, 4.69) is 25.9 Å². The maximum atomic E-state index is 12.9. The van der Waals surface area contributed by atoms with Crippen molar-refractivity contribution in [2.45, 2.75) is 0 Å². The fraction of sp³-hybridized carbons (Fsp3) is 0. The molecule has 0 saturated heterocycles. The van der Waals surface area contributed by atoms with Gasteiger partial charge in [-0.2, -0.15) is 0 Å². The summed E-state index contributed by atoms with van der Waals surface area (Å²) in [4.78, 5) is 8.45. The molecule has 1 aromatic carbocycles. The zero-order valence-corrected chi connectivity index (χ0v) is 10.2. The average Bonchev–Trinajstić information content (AvgIpc) is 2.69. The minimum Gasteiger partial charge on any atom is -0.296 e. The number of aromatic nitrogens is 3. The number of fused-ring (bicyclic) bond motifs is 1. The molecule has 84 valence electrons. The number of halogens is 2. The van der Waals surface area contributed by atoms with E-state index < -0.39 is 0 Å².